The predicted molar refractivity (Wildman–Crippen MR) is 113 cm³/mol. The first kappa shape index (κ1) is 19.8. The van der Waals surface area contributed by atoms with Crippen LogP contribution in [-0.4, -0.2) is 24.8 Å². The predicted octanol–water partition coefficient (Wildman–Crippen LogP) is 4.40. The average molecular weight is 425 g/mol. The van der Waals surface area contributed by atoms with Crippen LogP contribution in [0.25, 0.3) is 5.57 Å². The average Bonchev–Trinajstić information content (AvgIpc) is 3.40. The number of amides is 1. The number of hydrazone groups is 1. The molecule has 0 atom stereocenters. The van der Waals surface area contributed by atoms with Crippen molar-refractivity contribution in [2.24, 2.45) is 5.10 Å². The van der Waals surface area contributed by atoms with Gasteiger partial charge in [-0.25, -0.2) is 8.78 Å². The molecule has 30 heavy (non-hydrogen) atoms. The second-order valence-corrected chi connectivity index (χ2v) is 7.38. The van der Waals surface area contributed by atoms with Crippen LogP contribution in [-0.2, 0) is 9.53 Å². The Hall–Kier alpha value is -3.52. The molecule has 1 aromatic heterocycles. The van der Waals surface area contributed by atoms with Crippen LogP contribution in [0.3, 0.4) is 0 Å². The van der Waals surface area contributed by atoms with Gasteiger partial charge < -0.3 is 10.1 Å². The minimum absolute atomic E-state index is 0.0546. The summed E-state index contributed by atoms with van der Waals surface area (Å²) in [5.41, 5.74) is 5.11. The summed E-state index contributed by atoms with van der Waals surface area (Å²) in [6.07, 6.45) is 0. The fraction of sp³-hybridized carbons (Fsp3) is 0.0909. The van der Waals surface area contributed by atoms with Crippen LogP contribution in [0.2, 0.25) is 0 Å². The van der Waals surface area contributed by atoms with E-state index in [-0.39, 0.29) is 30.7 Å². The van der Waals surface area contributed by atoms with Crippen molar-refractivity contribution in [1.29, 1.82) is 0 Å². The highest BCUT2D eigenvalue weighted by Gasteiger charge is 2.26. The molecule has 3 aromatic rings. The van der Waals surface area contributed by atoms with Crippen molar-refractivity contribution in [1.82, 2.24) is 5.32 Å². The number of halogens is 2. The zero-order chi connectivity index (χ0) is 20.9. The number of thiophene rings is 1. The third kappa shape index (κ3) is 4.55. The van der Waals surface area contributed by atoms with Gasteiger partial charge in [-0.1, -0.05) is 18.2 Å². The number of ether oxygens (including phenoxy) is 1. The van der Waals surface area contributed by atoms with E-state index in [9.17, 15) is 13.6 Å². The molecule has 4 rings (SSSR count). The lowest BCUT2D eigenvalue weighted by atomic mass is 10.1. The number of benzene rings is 2. The fourth-order valence-electron chi connectivity index (χ4n) is 2.89. The molecule has 1 aliphatic heterocycles. The summed E-state index contributed by atoms with van der Waals surface area (Å²) in [5, 5.41) is 9.03. The first-order valence-corrected chi connectivity index (χ1v) is 10.0. The van der Waals surface area contributed by atoms with Gasteiger partial charge in [0.1, 0.15) is 29.7 Å². The Morgan fingerprint density at radius 3 is 2.43 bits per heavy atom. The topological polar surface area (TPSA) is 62.7 Å². The van der Waals surface area contributed by atoms with Crippen LogP contribution in [0, 0.1) is 11.6 Å². The minimum Gasteiger partial charge on any atom is -0.489 e. The molecule has 0 radical (unpaired) electrons. The molecule has 0 saturated heterocycles. The van der Waals surface area contributed by atoms with E-state index in [1.165, 1.54) is 35.6 Å². The number of nitrogens with zero attached hydrogens (tertiary/aromatic N) is 1. The smallest absolute Gasteiger partial charge is 0.256 e. The molecule has 2 heterocycles. The molecule has 2 N–H and O–H groups in total. The van der Waals surface area contributed by atoms with Crippen LogP contribution in [0.15, 0.2) is 76.9 Å². The molecule has 8 heteroatoms. The van der Waals surface area contributed by atoms with Crippen LogP contribution < -0.4 is 10.7 Å². The van der Waals surface area contributed by atoms with Crippen LogP contribution in [0.1, 0.15) is 10.4 Å². The molecule has 5 nitrogen and oxygen atoms in total. The molecule has 0 spiro atoms. The Morgan fingerprint density at radius 2 is 1.77 bits per heavy atom. The van der Waals surface area contributed by atoms with E-state index >= 15 is 0 Å². The highest BCUT2D eigenvalue weighted by atomic mass is 32.1. The van der Waals surface area contributed by atoms with Crippen LogP contribution in [0.4, 0.5) is 14.5 Å². The second kappa shape index (κ2) is 8.87. The Bertz CT molecular complexity index is 1090. The van der Waals surface area contributed by atoms with Crippen molar-refractivity contribution in [3.05, 3.63) is 93.9 Å². The molecule has 0 fully saturated rings. The van der Waals surface area contributed by atoms with Gasteiger partial charge >= 0.3 is 0 Å². The minimum atomic E-state index is -0.362. The highest BCUT2D eigenvalue weighted by molar-refractivity contribution is 7.11. The molecular weight excluding hydrogens is 408 g/mol. The maximum absolute atomic E-state index is 13.3. The van der Waals surface area contributed by atoms with Gasteiger partial charge in [-0.05, 0) is 47.8 Å². The van der Waals surface area contributed by atoms with Crippen LogP contribution >= 0.6 is 11.3 Å². The summed E-state index contributed by atoms with van der Waals surface area (Å²) in [6.45, 7) is 0.340. The number of nitrogens with one attached hydrogen (secondary N) is 2. The van der Waals surface area contributed by atoms with E-state index < -0.39 is 0 Å². The van der Waals surface area contributed by atoms with Crippen molar-refractivity contribution in [2.75, 3.05) is 18.6 Å². The number of hydrogen-bond donors (Lipinski definition) is 2. The Morgan fingerprint density at radius 1 is 1.07 bits per heavy atom. The Balaban J connectivity index is 1.58. The van der Waals surface area contributed by atoms with Gasteiger partial charge in [-0.15, -0.1) is 11.3 Å². The molecule has 2 aromatic carbocycles. The van der Waals surface area contributed by atoms with Crippen molar-refractivity contribution < 1.29 is 18.3 Å². The highest BCUT2D eigenvalue weighted by Crippen LogP contribution is 2.27. The summed E-state index contributed by atoms with van der Waals surface area (Å²) in [6, 6.07) is 15.3. The summed E-state index contributed by atoms with van der Waals surface area (Å²) in [4.78, 5) is 13.0. The molecular formula is C22H17F2N3O2S. The van der Waals surface area contributed by atoms with Crippen molar-refractivity contribution in [3.8, 4) is 0 Å². The monoisotopic (exact) mass is 425 g/mol. The molecule has 152 valence electrons. The third-order valence-corrected chi connectivity index (χ3v) is 5.30. The summed E-state index contributed by atoms with van der Waals surface area (Å²) < 4.78 is 32.4. The maximum Gasteiger partial charge on any atom is 0.256 e. The number of hydrogen-bond acceptors (Lipinski definition) is 5. The SMILES string of the molecule is O=C1NCC(OCC(=NNc2ccc(F)cc2)c2ccc(F)cc2)=C1c1cccs1. The number of carbonyl (C=O) groups is 1. The molecule has 1 amide bonds. The first-order valence-electron chi connectivity index (χ1n) is 9.12. The van der Waals surface area contributed by atoms with Crippen molar-refractivity contribution >= 4 is 34.2 Å². The Labute approximate surface area is 175 Å². The summed E-state index contributed by atoms with van der Waals surface area (Å²) >= 11 is 1.46. The van der Waals surface area contributed by atoms with Gasteiger partial charge in [-0.3, -0.25) is 10.2 Å². The van der Waals surface area contributed by atoms with E-state index in [0.29, 0.717) is 28.3 Å². The maximum atomic E-state index is 13.3. The van der Waals surface area contributed by atoms with E-state index in [1.807, 2.05) is 17.5 Å². The lowest BCUT2D eigenvalue weighted by Gasteiger charge is -2.12. The normalized spacial score (nSPS) is 14.1. The fourth-order valence-corrected chi connectivity index (χ4v) is 3.68. The van der Waals surface area contributed by atoms with Gasteiger partial charge in [0.25, 0.3) is 5.91 Å². The third-order valence-electron chi connectivity index (χ3n) is 4.41. The van der Waals surface area contributed by atoms with Gasteiger partial charge in [0.2, 0.25) is 0 Å². The van der Waals surface area contributed by atoms with Gasteiger partial charge in [0.15, 0.2) is 0 Å². The number of rotatable bonds is 7. The van der Waals surface area contributed by atoms with Crippen molar-refractivity contribution in [2.45, 2.75) is 0 Å². The van der Waals surface area contributed by atoms with Gasteiger partial charge in [0, 0.05) is 10.4 Å². The molecule has 0 unspecified atom stereocenters. The van der Waals surface area contributed by atoms with Gasteiger partial charge in [0.05, 0.1) is 17.8 Å². The van der Waals surface area contributed by atoms with E-state index in [4.69, 9.17) is 4.74 Å². The summed E-state index contributed by atoms with van der Waals surface area (Å²) in [7, 11) is 0. The van der Waals surface area contributed by atoms with Crippen LogP contribution in [0.5, 0.6) is 0 Å². The number of anilines is 1. The molecule has 0 aliphatic carbocycles. The molecule has 0 saturated carbocycles. The quantitative estimate of drug-likeness (QED) is 0.436. The standard InChI is InChI=1S/C22H17F2N3O2S/c23-15-5-3-14(4-6-15)18(27-26-17-9-7-16(24)8-10-17)13-29-19-12-25-22(28)21(19)20-2-1-11-30-20/h1-11,26H,12-13H2,(H,25,28). The Kier molecular flexibility index (Phi) is 5.85. The largest absolute Gasteiger partial charge is 0.489 e. The molecule has 1 aliphatic rings. The zero-order valence-electron chi connectivity index (χ0n) is 15.7. The summed E-state index contributed by atoms with van der Waals surface area (Å²) in [5.74, 6) is -0.368. The van der Waals surface area contributed by atoms with E-state index in [2.05, 4.69) is 15.8 Å². The first-order chi connectivity index (χ1) is 14.6. The second-order valence-electron chi connectivity index (χ2n) is 6.43. The van der Waals surface area contributed by atoms with E-state index in [1.54, 1.807) is 24.3 Å². The van der Waals surface area contributed by atoms with Crippen molar-refractivity contribution in [3.63, 3.8) is 0 Å². The lowest BCUT2D eigenvalue weighted by molar-refractivity contribution is -0.114. The zero-order valence-corrected chi connectivity index (χ0v) is 16.5. The lowest BCUT2D eigenvalue weighted by Crippen LogP contribution is -2.18. The van der Waals surface area contributed by atoms with Gasteiger partial charge in [-0.2, -0.15) is 5.10 Å². The van der Waals surface area contributed by atoms with E-state index in [0.717, 1.165) is 4.88 Å². The number of carbonyl (C=O) groups excluding carboxylic acids is 1. The molecule has 0 bridgehead atoms.